The molecule has 0 bridgehead atoms. The molecule has 8 heteroatoms. The van der Waals surface area contributed by atoms with Crippen LogP contribution in [0.3, 0.4) is 0 Å². The third-order valence-electron chi connectivity index (χ3n) is 5.30. The average molecular weight is 431 g/mol. The van der Waals surface area contributed by atoms with E-state index in [9.17, 15) is 14.9 Å². The van der Waals surface area contributed by atoms with Crippen molar-refractivity contribution in [3.63, 3.8) is 0 Å². The highest BCUT2D eigenvalue weighted by molar-refractivity contribution is 6.31. The van der Waals surface area contributed by atoms with E-state index in [1.165, 1.54) is 29.3 Å². The number of hydrogen-bond donors (Lipinski definition) is 0. The molecule has 0 aromatic heterocycles. The maximum Gasteiger partial charge on any atom is 0.269 e. The van der Waals surface area contributed by atoms with Gasteiger partial charge in [-0.05, 0) is 31.2 Å². The van der Waals surface area contributed by atoms with Crippen molar-refractivity contribution in [1.82, 2.24) is 14.7 Å². The second-order valence-corrected chi connectivity index (χ2v) is 8.26. The molecule has 1 heterocycles. The molecule has 160 valence electrons. The Balaban J connectivity index is 1.48. The van der Waals surface area contributed by atoms with Gasteiger partial charge in [0, 0.05) is 56.4 Å². The summed E-state index contributed by atoms with van der Waals surface area (Å²) in [6, 6.07) is 12.9. The fourth-order valence-electron chi connectivity index (χ4n) is 3.70. The number of nitro benzene ring substituents is 1. The average Bonchev–Trinajstić information content (AvgIpc) is 2.70. The Bertz CT molecular complexity index is 913. The minimum absolute atomic E-state index is 0.00106. The summed E-state index contributed by atoms with van der Waals surface area (Å²) in [5.74, 6) is 0.0641. The third-order valence-corrected chi connectivity index (χ3v) is 5.67. The van der Waals surface area contributed by atoms with Crippen LogP contribution in [0.1, 0.15) is 16.7 Å². The number of amides is 1. The minimum atomic E-state index is -0.443. The van der Waals surface area contributed by atoms with Gasteiger partial charge in [-0.15, -0.1) is 0 Å². The molecule has 1 fully saturated rings. The SMILES string of the molecule is Cc1cccc(CN2CCN(C(=O)CN(C)Cc3cc([N+](=O)[O-])ccc3Cl)CC2)c1. The van der Waals surface area contributed by atoms with Crippen LogP contribution in [0, 0.1) is 17.0 Å². The van der Waals surface area contributed by atoms with Gasteiger partial charge in [-0.3, -0.25) is 24.7 Å². The fourth-order valence-corrected chi connectivity index (χ4v) is 3.87. The number of carbonyl (C=O) groups is 1. The normalized spacial score (nSPS) is 14.9. The van der Waals surface area contributed by atoms with Gasteiger partial charge in [-0.2, -0.15) is 0 Å². The lowest BCUT2D eigenvalue weighted by molar-refractivity contribution is -0.384. The number of rotatable bonds is 7. The molecule has 2 aromatic carbocycles. The van der Waals surface area contributed by atoms with E-state index in [-0.39, 0.29) is 18.1 Å². The van der Waals surface area contributed by atoms with E-state index in [4.69, 9.17) is 11.6 Å². The number of carbonyl (C=O) groups excluding carboxylic acids is 1. The van der Waals surface area contributed by atoms with Gasteiger partial charge in [-0.1, -0.05) is 41.4 Å². The Hall–Kier alpha value is -2.48. The van der Waals surface area contributed by atoms with E-state index in [2.05, 4.69) is 36.1 Å². The number of hydrogen-bond acceptors (Lipinski definition) is 5. The summed E-state index contributed by atoms with van der Waals surface area (Å²) in [7, 11) is 1.82. The number of nitro groups is 1. The van der Waals surface area contributed by atoms with Crippen molar-refractivity contribution in [3.8, 4) is 0 Å². The topological polar surface area (TPSA) is 69.9 Å². The summed E-state index contributed by atoms with van der Waals surface area (Å²) < 4.78 is 0. The van der Waals surface area contributed by atoms with E-state index >= 15 is 0 Å². The molecule has 0 atom stereocenters. The molecule has 1 aliphatic heterocycles. The molecule has 1 saturated heterocycles. The summed E-state index contributed by atoms with van der Waals surface area (Å²) in [5, 5.41) is 11.4. The van der Waals surface area contributed by atoms with Crippen LogP contribution in [0.4, 0.5) is 5.69 Å². The van der Waals surface area contributed by atoms with Crippen molar-refractivity contribution in [2.45, 2.75) is 20.0 Å². The molecule has 1 amide bonds. The van der Waals surface area contributed by atoms with Crippen LogP contribution < -0.4 is 0 Å². The Morgan fingerprint density at radius 2 is 1.90 bits per heavy atom. The summed E-state index contributed by atoms with van der Waals surface area (Å²) in [4.78, 5) is 29.3. The number of likely N-dealkylation sites (N-methyl/N-ethyl adjacent to an activating group) is 1. The predicted octanol–water partition coefficient (Wildman–Crippen LogP) is 3.33. The number of piperazine rings is 1. The maximum atomic E-state index is 12.7. The highest BCUT2D eigenvalue weighted by Gasteiger charge is 2.22. The third kappa shape index (κ3) is 6.01. The number of nitrogens with zero attached hydrogens (tertiary/aromatic N) is 4. The van der Waals surface area contributed by atoms with Crippen molar-refractivity contribution < 1.29 is 9.72 Å². The lowest BCUT2D eigenvalue weighted by Gasteiger charge is -2.35. The van der Waals surface area contributed by atoms with Crippen molar-refractivity contribution in [2.24, 2.45) is 0 Å². The van der Waals surface area contributed by atoms with Gasteiger partial charge in [0.05, 0.1) is 11.5 Å². The minimum Gasteiger partial charge on any atom is -0.339 e. The molecule has 30 heavy (non-hydrogen) atoms. The van der Waals surface area contributed by atoms with E-state index in [1.54, 1.807) is 0 Å². The molecular formula is C22H27ClN4O3. The number of aryl methyl sites for hydroxylation is 1. The van der Waals surface area contributed by atoms with Gasteiger partial charge in [0.25, 0.3) is 5.69 Å². The Labute approximate surface area is 182 Å². The zero-order chi connectivity index (χ0) is 21.7. The lowest BCUT2D eigenvalue weighted by Crippen LogP contribution is -2.50. The quantitative estimate of drug-likeness (QED) is 0.497. The van der Waals surface area contributed by atoms with Crippen LogP contribution in [-0.4, -0.2) is 65.3 Å². The van der Waals surface area contributed by atoms with Gasteiger partial charge >= 0.3 is 0 Å². The molecule has 0 radical (unpaired) electrons. The second-order valence-electron chi connectivity index (χ2n) is 7.85. The Morgan fingerprint density at radius 3 is 2.57 bits per heavy atom. The molecule has 0 N–H and O–H groups in total. The van der Waals surface area contributed by atoms with E-state index in [0.29, 0.717) is 30.2 Å². The lowest BCUT2D eigenvalue weighted by atomic mass is 10.1. The van der Waals surface area contributed by atoms with Crippen molar-refractivity contribution in [2.75, 3.05) is 39.8 Å². The van der Waals surface area contributed by atoms with Crippen LogP contribution in [-0.2, 0) is 17.9 Å². The first-order valence-corrected chi connectivity index (χ1v) is 10.4. The summed E-state index contributed by atoms with van der Waals surface area (Å²) >= 11 is 6.17. The summed E-state index contributed by atoms with van der Waals surface area (Å²) in [6.07, 6.45) is 0. The van der Waals surface area contributed by atoms with E-state index in [1.807, 2.05) is 16.8 Å². The van der Waals surface area contributed by atoms with Gasteiger partial charge < -0.3 is 4.90 Å². The van der Waals surface area contributed by atoms with E-state index < -0.39 is 4.92 Å². The highest BCUT2D eigenvalue weighted by Crippen LogP contribution is 2.23. The first-order valence-electron chi connectivity index (χ1n) is 9.99. The molecule has 0 saturated carbocycles. The standard InChI is InChI=1S/C22H27ClN4O3/c1-17-4-3-5-18(12-17)14-25-8-10-26(11-9-25)22(28)16-24(2)15-19-13-20(27(29)30)6-7-21(19)23/h3-7,12-13H,8-11,14-16H2,1-2H3. The smallest absolute Gasteiger partial charge is 0.269 e. The second kappa shape index (κ2) is 10.0. The number of benzene rings is 2. The Kier molecular flexibility index (Phi) is 7.42. The molecule has 0 aliphatic carbocycles. The maximum absolute atomic E-state index is 12.7. The van der Waals surface area contributed by atoms with E-state index in [0.717, 1.165) is 19.6 Å². The monoisotopic (exact) mass is 430 g/mol. The van der Waals surface area contributed by atoms with Gasteiger partial charge in [-0.25, -0.2) is 0 Å². The van der Waals surface area contributed by atoms with Crippen LogP contribution in [0.25, 0.3) is 0 Å². The first-order chi connectivity index (χ1) is 14.3. The molecular weight excluding hydrogens is 404 g/mol. The molecule has 0 unspecified atom stereocenters. The molecule has 3 rings (SSSR count). The summed E-state index contributed by atoms with van der Waals surface area (Å²) in [5.41, 5.74) is 3.19. The predicted molar refractivity (Wildman–Crippen MR) is 117 cm³/mol. The van der Waals surface area contributed by atoms with Crippen molar-refractivity contribution >= 4 is 23.2 Å². The number of non-ortho nitro benzene ring substituents is 1. The zero-order valence-electron chi connectivity index (χ0n) is 17.4. The zero-order valence-corrected chi connectivity index (χ0v) is 18.1. The Morgan fingerprint density at radius 1 is 1.17 bits per heavy atom. The van der Waals surface area contributed by atoms with Gasteiger partial charge in [0.15, 0.2) is 0 Å². The molecule has 2 aromatic rings. The summed E-state index contributed by atoms with van der Waals surface area (Å²) in [6.45, 7) is 6.72. The van der Waals surface area contributed by atoms with Crippen molar-refractivity contribution in [1.29, 1.82) is 0 Å². The first kappa shape index (κ1) is 22.2. The van der Waals surface area contributed by atoms with Crippen LogP contribution in [0.5, 0.6) is 0 Å². The van der Waals surface area contributed by atoms with Crippen LogP contribution in [0.15, 0.2) is 42.5 Å². The number of halogens is 1. The molecule has 7 nitrogen and oxygen atoms in total. The van der Waals surface area contributed by atoms with Crippen LogP contribution in [0.2, 0.25) is 5.02 Å². The largest absolute Gasteiger partial charge is 0.339 e. The van der Waals surface area contributed by atoms with Gasteiger partial charge in [0.2, 0.25) is 5.91 Å². The molecule has 1 aliphatic rings. The van der Waals surface area contributed by atoms with Crippen LogP contribution >= 0.6 is 11.6 Å². The van der Waals surface area contributed by atoms with Crippen molar-refractivity contribution in [3.05, 3.63) is 74.3 Å². The highest BCUT2D eigenvalue weighted by atomic mass is 35.5. The fraction of sp³-hybridized carbons (Fsp3) is 0.409. The molecule has 0 spiro atoms. The van der Waals surface area contributed by atoms with Gasteiger partial charge in [0.1, 0.15) is 0 Å².